The summed E-state index contributed by atoms with van der Waals surface area (Å²) in [5.41, 5.74) is 3.71. The highest BCUT2D eigenvalue weighted by atomic mass is 16.5. The highest BCUT2D eigenvalue weighted by molar-refractivity contribution is 5.87. The van der Waals surface area contributed by atoms with Crippen molar-refractivity contribution in [3.05, 3.63) is 59.7 Å². The number of hydrogen-bond donors (Lipinski definition) is 2. The van der Waals surface area contributed by atoms with Crippen molar-refractivity contribution < 1.29 is 24.2 Å². The number of carboxylic acid groups (broad SMARTS) is 1. The van der Waals surface area contributed by atoms with Gasteiger partial charge in [-0.05, 0) is 47.9 Å². The number of amides is 2. The molecule has 2 aliphatic carbocycles. The Hall–Kier alpha value is -3.35. The molecule has 0 radical (unpaired) electrons. The van der Waals surface area contributed by atoms with Gasteiger partial charge in [-0.1, -0.05) is 55.0 Å². The fourth-order valence-electron chi connectivity index (χ4n) is 5.96. The molecule has 1 aliphatic heterocycles. The molecular formula is C26H28N2O5. The Morgan fingerprint density at radius 3 is 2.36 bits per heavy atom. The number of hydrogen-bond acceptors (Lipinski definition) is 4. The zero-order chi connectivity index (χ0) is 23.2. The molecule has 33 heavy (non-hydrogen) atoms. The molecule has 5 rings (SSSR count). The lowest BCUT2D eigenvalue weighted by atomic mass is 9.81. The average Bonchev–Trinajstić information content (AvgIpc) is 3.47. The topological polar surface area (TPSA) is 95.9 Å². The van der Waals surface area contributed by atoms with E-state index in [9.17, 15) is 19.5 Å². The molecule has 172 valence electrons. The number of carboxylic acids is 1. The van der Waals surface area contributed by atoms with Gasteiger partial charge < -0.3 is 20.1 Å². The molecule has 0 bridgehead atoms. The van der Waals surface area contributed by atoms with Crippen molar-refractivity contribution in [3.8, 4) is 11.1 Å². The van der Waals surface area contributed by atoms with Gasteiger partial charge in [0, 0.05) is 19.0 Å². The summed E-state index contributed by atoms with van der Waals surface area (Å²) in [4.78, 5) is 38.9. The van der Waals surface area contributed by atoms with E-state index >= 15 is 0 Å². The highest BCUT2D eigenvalue weighted by Gasteiger charge is 2.56. The summed E-state index contributed by atoms with van der Waals surface area (Å²) in [6, 6.07) is 15.4. The standard InChI is InChI=1S/C26H28N2O5/c1-16(23(29)28-13-17-7-6-12-26(17,15-28)24(30)31)27-25(32)33-14-22-20-10-4-2-8-18(20)19-9-3-5-11-21(19)22/h2-5,8-11,16-17,22H,6-7,12-15H2,1H3,(H,27,32)(H,30,31)/t16?,17-,26-/m0/s1. The van der Waals surface area contributed by atoms with Crippen LogP contribution in [0.3, 0.4) is 0 Å². The maximum absolute atomic E-state index is 12.9. The molecule has 0 aromatic heterocycles. The molecule has 7 heteroatoms. The zero-order valence-corrected chi connectivity index (χ0v) is 18.6. The maximum atomic E-state index is 12.9. The number of nitrogens with one attached hydrogen (secondary N) is 1. The summed E-state index contributed by atoms with van der Waals surface area (Å²) in [6.07, 6.45) is 1.66. The highest BCUT2D eigenvalue weighted by Crippen LogP contribution is 2.49. The van der Waals surface area contributed by atoms with Crippen LogP contribution in [0, 0.1) is 11.3 Å². The summed E-state index contributed by atoms with van der Waals surface area (Å²) < 4.78 is 5.54. The molecule has 1 saturated carbocycles. The fourth-order valence-corrected chi connectivity index (χ4v) is 5.96. The number of nitrogens with zero attached hydrogens (tertiary/aromatic N) is 1. The first-order chi connectivity index (χ1) is 15.9. The summed E-state index contributed by atoms with van der Waals surface area (Å²) >= 11 is 0. The van der Waals surface area contributed by atoms with Gasteiger partial charge in [-0.25, -0.2) is 4.79 Å². The molecule has 2 aromatic carbocycles. The Labute approximate surface area is 192 Å². The van der Waals surface area contributed by atoms with E-state index < -0.39 is 23.5 Å². The van der Waals surface area contributed by atoms with Crippen LogP contribution in [0.2, 0.25) is 0 Å². The largest absolute Gasteiger partial charge is 0.481 e. The third kappa shape index (κ3) is 3.56. The van der Waals surface area contributed by atoms with Gasteiger partial charge >= 0.3 is 12.1 Å². The fraction of sp³-hybridized carbons (Fsp3) is 0.423. The number of ether oxygens (including phenoxy) is 1. The van der Waals surface area contributed by atoms with Crippen LogP contribution in [0.5, 0.6) is 0 Å². The van der Waals surface area contributed by atoms with Crippen LogP contribution in [0.4, 0.5) is 4.79 Å². The summed E-state index contributed by atoms with van der Waals surface area (Å²) in [7, 11) is 0. The molecule has 2 fully saturated rings. The predicted octanol–water partition coefficient (Wildman–Crippen LogP) is 3.63. The number of benzene rings is 2. The van der Waals surface area contributed by atoms with Gasteiger partial charge in [-0.15, -0.1) is 0 Å². The van der Waals surface area contributed by atoms with Gasteiger partial charge in [0.25, 0.3) is 0 Å². The second-order valence-corrected chi connectivity index (χ2v) is 9.46. The lowest BCUT2D eigenvalue weighted by Crippen LogP contribution is -2.47. The number of carbonyl (C=O) groups is 3. The first kappa shape index (κ1) is 21.5. The Balaban J connectivity index is 1.20. The minimum Gasteiger partial charge on any atom is -0.481 e. The SMILES string of the molecule is CC(NC(=O)OCC1c2ccccc2-c2ccccc21)C(=O)N1C[C@@H]2CCC[C@]2(C(=O)O)C1. The van der Waals surface area contributed by atoms with Crippen LogP contribution < -0.4 is 5.32 Å². The van der Waals surface area contributed by atoms with Gasteiger partial charge in [0.2, 0.25) is 5.91 Å². The molecular weight excluding hydrogens is 420 g/mol. The molecule has 2 N–H and O–H groups in total. The summed E-state index contributed by atoms with van der Waals surface area (Å²) in [6.45, 7) is 2.43. The van der Waals surface area contributed by atoms with E-state index in [4.69, 9.17) is 4.74 Å². The van der Waals surface area contributed by atoms with Crippen LogP contribution in [0.15, 0.2) is 48.5 Å². The van der Waals surface area contributed by atoms with Gasteiger partial charge in [0.15, 0.2) is 0 Å². The average molecular weight is 449 g/mol. The second-order valence-electron chi connectivity index (χ2n) is 9.46. The Kier molecular flexibility index (Phi) is 5.35. The third-order valence-corrected chi connectivity index (χ3v) is 7.66. The van der Waals surface area contributed by atoms with Gasteiger partial charge in [-0.2, -0.15) is 0 Å². The van der Waals surface area contributed by atoms with Crippen LogP contribution in [0.25, 0.3) is 11.1 Å². The number of fused-ring (bicyclic) bond motifs is 4. The van der Waals surface area contributed by atoms with Gasteiger partial charge in [0.1, 0.15) is 12.6 Å². The van der Waals surface area contributed by atoms with Crippen molar-refractivity contribution >= 4 is 18.0 Å². The lowest BCUT2D eigenvalue weighted by molar-refractivity contribution is -0.149. The molecule has 7 nitrogen and oxygen atoms in total. The minimum absolute atomic E-state index is 0.0133. The van der Waals surface area contributed by atoms with Crippen molar-refractivity contribution in [1.82, 2.24) is 10.2 Å². The van der Waals surface area contributed by atoms with E-state index in [1.165, 1.54) is 0 Å². The van der Waals surface area contributed by atoms with Crippen molar-refractivity contribution in [2.24, 2.45) is 11.3 Å². The van der Waals surface area contributed by atoms with E-state index in [-0.39, 0.29) is 30.9 Å². The number of rotatable bonds is 5. The smallest absolute Gasteiger partial charge is 0.407 e. The van der Waals surface area contributed by atoms with E-state index in [0.717, 1.165) is 35.1 Å². The molecule has 2 aromatic rings. The maximum Gasteiger partial charge on any atom is 0.407 e. The minimum atomic E-state index is -0.834. The van der Waals surface area contributed by atoms with Crippen LogP contribution in [-0.4, -0.2) is 53.7 Å². The van der Waals surface area contributed by atoms with E-state index in [2.05, 4.69) is 29.6 Å². The molecule has 1 saturated heterocycles. The molecule has 0 spiro atoms. The number of alkyl carbamates (subject to hydrolysis) is 1. The van der Waals surface area contributed by atoms with Crippen molar-refractivity contribution in [2.75, 3.05) is 19.7 Å². The Morgan fingerprint density at radius 2 is 1.76 bits per heavy atom. The molecule has 1 heterocycles. The quantitative estimate of drug-likeness (QED) is 0.728. The number of carbonyl (C=O) groups excluding carboxylic acids is 2. The van der Waals surface area contributed by atoms with E-state index in [1.807, 2.05) is 24.3 Å². The third-order valence-electron chi connectivity index (χ3n) is 7.66. The molecule has 3 atom stereocenters. The monoisotopic (exact) mass is 448 g/mol. The predicted molar refractivity (Wildman–Crippen MR) is 122 cm³/mol. The first-order valence-electron chi connectivity index (χ1n) is 11.5. The van der Waals surface area contributed by atoms with Gasteiger partial charge in [-0.3, -0.25) is 9.59 Å². The second kappa shape index (κ2) is 8.21. The Bertz CT molecular complexity index is 1070. The summed E-state index contributed by atoms with van der Waals surface area (Å²) in [5, 5.41) is 12.4. The molecule has 2 amide bonds. The lowest BCUT2D eigenvalue weighted by Gasteiger charge is -2.25. The molecule has 3 aliphatic rings. The van der Waals surface area contributed by atoms with E-state index in [1.54, 1.807) is 11.8 Å². The van der Waals surface area contributed by atoms with Crippen molar-refractivity contribution in [1.29, 1.82) is 0 Å². The van der Waals surface area contributed by atoms with Gasteiger partial charge in [0.05, 0.1) is 5.41 Å². The van der Waals surface area contributed by atoms with Crippen LogP contribution in [-0.2, 0) is 14.3 Å². The van der Waals surface area contributed by atoms with Crippen LogP contribution in [0.1, 0.15) is 43.2 Å². The normalized spacial score (nSPS) is 24.0. The van der Waals surface area contributed by atoms with E-state index in [0.29, 0.717) is 13.0 Å². The summed E-state index contributed by atoms with van der Waals surface area (Å²) in [5.74, 6) is -1.15. The Morgan fingerprint density at radius 1 is 1.12 bits per heavy atom. The van der Waals surface area contributed by atoms with Crippen LogP contribution >= 0.6 is 0 Å². The number of aliphatic carboxylic acids is 1. The molecule has 1 unspecified atom stereocenters. The number of likely N-dealkylation sites (tertiary alicyclic amines) is 1. The van der Waals surface area contributed by atoms with Crippen molar-refractivity contribution in [2.45, 2.75) is 38.1 Å². The zero-order valence-electron chi connectivity index (χ0n) is 18.6. The first-order valence-corrected chi connectivity index (χ1v) is 11.5. The van der Waals surface area contributed by atoms with Crippen molar-refractivity contribution in [3.63, 3.8) is 0 Å².